The van der Waals surface area contributed by atoms with Crippen molar-refractivity contribution in [3.63, 3.8) is 0 Å². The van der Waals surface area contributed by atoms with Gasteiger partial charge < -0.3 is 19.6 Å². The van der Waals surface area contributed by atoms with Crippen LogP contribution in [0.3, 0.4) is 0 Å². The van der Waals surface area contributed by atoms with Crippen molar-refractivity contribution in [2.45, 2.75) is 13.3 Å². The maximum absolute atomic E-state index is 13.2. The number of carbonyl (C=O) groups excluding carboxylic acids is 1. The summed E-state index contributed by atoms with van der Waals surface area (Å²) >= 11 is 0. The summed E-state index contributed by atoms with van der Waals surface area (Å²) in [6.45, 7) is 1.37. The Morgan fingerprint density at radius 2 is 1.79 bits per heavy atom. The van der Waals surface area contributed by atoms with Gasteiger partial charge in [-0.25, -0.2) is 9.18 Å². The highest BCUT2D eigenvalue weighted by Gasteiger charge is 2.15. The summed E-state index contributed by atoms with van der Waals surface area (Å²) in [4.78, 5) is 35.7. The van der Waals surface area contributed by atoms with E-state index in [0.29, 0.717) is 22.4 Å². The van der Waals surface area contributed by atoms with Crippen LogP contribution in [0, 0.1) is 12.7 Å². The van der Waals surface area contributed by atoms with E-state index in [-0.39, 0.29) is 23.6 Å². The minimum Gasteiger partial charge on any atom is -0.483 e. The van der Waals surface area contributed by atoms with Crippen molar-refractivity contribution in [3.05, 3.63) is 94.1 Å². The number of fused-ring (bicyclic) bond motifs is 1. The summed E-state index contributed by atoms with van der Waals surface area (Å²) in [7, 11) is 0. The molecule has 0 atom stereocenters. The lowest BCUT2D eigenvalue weighted by Crippen LogP contribution is -2.20. The van der Waals surface area contributed by atoms with E-state index < -0.39 is 23.9 Å². The second kappa shape index (κ2) is 9.58. The minimum atomic E-state index is -1.13. The summed E-state index contributed by atoms with van der Waals surface area (Å²) in [5.74, 6) is -1.44. The number of rotatable bonds is 7. The molecular weight excluding hydrogens is 441 g/mol. The van der Waals surface area contributed by atoms with E-state index >= 15 is 0 Å². The molecule has 0 radical (unpaired) electrons. The van der Waals surface area contributed by atoms with E-state index in [1.165, 1.54) is 18.2 Å². The molecular formula is C26H20FNO6. The Balaban J connectivity index is 1.49. The Kier molecular flexibility index (Phi) is 6.40. The quantitative estimate of drug-likeness (QED) is 0.391. The van der Waals surface area contributed by atoms with E-state index in [1.807, 2.05) is 12.1 Å². The molecule has 0 spiro atoms. The molecule has 0 saturated heterocycles. The first kappa shape index (κ1) is 22.7. The fraction of sp³-hybridized carbons (Fsp3) is 0.115. The number of carboxylic acids is 1. The number of amides is 1. The first-order valence-electron chi connectivity index (χ1n) is 10.4. The van der Waals surface area contributed by atoms with Gasteiger partial charge in [0.2, 0.25) is 0 Å². The van der Waals surface area contributed by atoms with Crippen molar-refractivity contribution >= 4 is 28.5 Å². The predicted octanol–water partition coefficient (Wildman–Crippen LogP) is 4.55. The lowest BCUT2D eigenvalue weighted by atomic mass is 10.0. The van der Waals surface area contributed by atoms with Gasteiger partial charge in [-0.1, -0.05) is 30.3 Å². The van der Waals surface area contributed by atoms with Gasteiger partial charge in [0.1, 0.15) is 17.1 Å². The molecule has 0 unspecified atom stereocenters. The molecule has 0 aliphatic heterocycles. The SMILES string of the molecule is Cc1c(CC(=O)O)c(=O)oc2cc(NC(=O)COc3ccccc3-c3ccc(F)cc3)ccc12. The number of halogens is 1. The lowest BCUT2D eigenvalue weighted by Gasteiger charge is -2.12. The number of anilines is 1. The molecule has 0 bridgehead atoms. The average Bonchev–Trinajstić information content (AvgIpc) is 2.81. The number of para-hydroxylation sites is 1. The molecule has 34 heavy (non-hydrogen) atoms. The van der Waals surface area contributed by atoms with E-state index in [1.54, 1.807) is 43.3 Å². The predicted molar refractivity (Wildman–Crippen MR) is 125 cm³/mol. The number of hydrogen-bond acceptors (Lipinski definition) is 5. The van der Waals surface area contributed by atoms with Crippen LogP contribution in [0.25, 0.3) is 22.1 Å². The summed E-state index contributed by atoms with van der Waals surface area (Å²) in [6, 6.07) is 17.9. The second-order valence-corrected chi connectivity index (χ2v) is 7.61. The van der Waals surface area contributed by atoms with Crippen molar-refractivity contribution < 1.29 is 28.2 Å². The maximum Gasteiger partial charge on any atom is 0.340 e. The molecule has 0 aliphatic carbocycles. The lowest BCUT2D eigenvalue weighted by molar-refractivity contribution is -0.136. The smallest absolute Gasteiger partial charge is 0.340 e. The number of aliphatic carboxylic acids is 1. The summed E-state index contributed by atoms with van der Waals surface area (Å²) in [5, 5.41) is 12.3. The Hall–Kier alpha value is -4.46. The average molecular weight is 461 g/mol. The molecule has 4 rings (SSSR count). The molecule has 1 aromatic heterocycles. The Morgan fingerprint density at radius 3 is 2.53 bits per heavy atom. The van der Waals surface area contributed by atoms with Crippen LogP contribution in [-0.4, -0.2) is 23.6 Å². The third-order valence-electron chi connectivity index (χ3n) is 5.30. The molecule has 3 aromatic carbocycles. The molecule has 1 amide bonds. The monoisotopic (exact) mass is 461 g/mol. The first-order chi connectivity index (χ1) is 16.3. The highest BCUT2D eigenvalue weighted by molar-refractivity contribution is 5.95. The van der Waals surface area contributed by atoms with Crippen molar-refractivity contribution in [1.82, 2.24) is 0 Å². The number of carboxylic acid groups (broad SMARTS) is 1. The standard InChI is InChI=1S/C26H20FNO6/c1-15-19-11-10-18(12-23(19)34-26(32)21(15)13-25(30)31)28-24(29)14-33-22-5-3-2-4-20(22)16-6-8-17(27)9-7-16/h2-12H,13-14H2,1H3,(H,28,29)(H,30,31). The van der Waals surface area contributed by atoms with E-state index in [2.05, 4.69) is 5.32 Å². The van der Waals surface area contributed by atoms with Crippen LogP contribution in [0.5, 0.6) is 5.75 Å². The molecule has 4 aromatic rings. The highest BCUT2D eigenvalue weighted by atomic mass is 19.1. The molecule has 0 aliphatic rings. The number of nitrogens with one attached hydrogen (secondary N) is 1. The molecule has 0 saturated carbocycles. The van der Waals surface area contributed by atoms with Crippen LogP contribution in [0.1, 0.15) is 11.1 Å². The van der Waals surface area contributed by atoms with Crippen LogP contribution in [-0.2, 0) is 16.0 Å². The normalized spacial score (nSPS) is 10.8. The first-order valence-corrected chi connectivity index (χ1v) is 10.4. The van der Waals surface area contributed by atoms with Gasteiger partial charge >= 0.3 is 11.6 Å². The fourth-order valence-electron chi connectivity index (χ4n) is 3.63. The van der Waals surface area contributed by atoms with Crippen molar-refractivity contribution in [2.24, 2.45) is 0 Å². The zero-order valence-corrected chi connectivity index (χ0v) is 18.1. The highest BCUT2D eigenvalue weighted by Crippen LogP contribution is 2.30. The van der Waals surface area contributed by atoms with Crippen molar-refractivity contribution in [3.8, 4) is 16.9 Å². The molecule has 0 fully saturated rings. The fourth-order valence-corrected chi connectivity index (χ4v) is 3.63. The molecule has 172 valence electrons. The zero-order chi connectivity index (χ0) is 24.2. The van der Waals surface area contributed by atoms with Crippen LogP contribution in [0.4, 0.5) is 10.1 Å². The van der Waals surface area contributed by atoms with Crippen LogP contribution in [0.15, 0.2) is 75.9 Å². The second-order valence-electron chi connectivity index (χ2n) is 7.61. The molecule has 1 heterocycles. The topological polar surface area (TPSA) is 106 Å². The van der Waals surface area contributed by atoms with Gasteiger partial charge in [0.25, 0.3) is 5.91 Å². The minimum absolute atomic E-state index is 0.0880. The maximum atomic E-state index is 13.2. The summed E-state index contributed by atoms with van der Waals surface area (Å²) in [6.07, 6.45) is -0.431. The molecule has 8 heteroatoms. The number of benzene rings is 3. The van der Waals surface area contributed by atoms with Crippen LogP contribution >= 0.6 is 0 Å². The van der Waals surface area contributed by atoms with Crippen molar-refractivity contribution in [1.29, 1.82) is 0 Å². The summed E-state index contributed by atoms with van der Waals surface area (Å²) in [5.41, 5.74) is 1.97. The number of carbonyl (C=O) groups is 2. The van der Waals surface area contributed by atoms with E-state index in [9.17, 15) is 18.8 Å². The number of ether oxygens (including phenoxy) is 1. The Labute approximate surface area is 193 Å². The van der Waals surface area contributed by atoms with E-state index in [4.69, 9.17) is 14.3 Å². The van der Waals surface area contributed by atoms with Gasteiger partial charge in [-0.2, -0.15) is 0 Å². The molecule has 2 N–H and O–H groups in total. The Morgan fingerprint density at radius 1 is 1.06 bits per heavy atom. The van der Waals surface area contributed by atoms with Gasteiger partial charge in [0.15, 0.2) is 6.61 Å². The van der Waals surface area contributed by atoms with Gasteiger partial charge in [0, 0.05) is 22.7 Å². The van der Waals surface area contributed by atoms with Crippen LogP contribution < -0.4 is 15.7 Å². The third kappa shape index (κ3) is 4.96. The van der Waals surface area contributed by atoms with Gasteiger partial charge in [-0.15, -0.1) is 0 Å². The van der Waals surface area contributed by atoms with Gasteiger partial charge in [-0.05, 0) is 48.4 Å². The zero-order valence-electron chi connectivity index (χ0n) is 18.1. The van der Waals surface area contributed by atoms with Gasteiger partial charge in [-0.3, -0.25) is 9.59 Å². The molecule has 7 nitrogen and oxygen atoms in total. The van der Waals surface area contributed by atoms with Crippen LogP contribution in [0.2, 0.25) is 0 Å². The number of hydrogen-bond donors (Lipinski definition) is 2. The van der Waals surface area contributed by atoms with Crippen molar-refractivity contribution in [2.75, 3.05) is 11.9 Å². The van der Waals surface area contributed by atoms with E-state index in [0.717, 1.165) is 11.1 Å². The summed E-state index contributed by atoms with van der Waals surface area (Å²) < 4.78 is 24.2. The third-order valence-corrected chi connectivity index (χ3v) is 5.30. The Bertz CT molecular complexity index is 1440. The van der Waals surface area contributed by atoms with Gasteiger partial charge in [0.05, 0.1) is 12.0 Å². The largest absolute Gasteiger partial charge is 0.483 e. The number of aryl methyl sites for hydroxylation is 1.